The SMILES string of the molecule is Cc1ccc(NC(=O)N2CCC(C(NC(=O)c3cccs3)C(=O)NCC(C)C)CC2)cc1. The molecule has 0 spiro atoms. The third kappa shape index (κ3) is 6.56. The van der Waals surface area contributed by atoms with E-state index < -0.39 is 6.04 Å². The maximum absolute atomic E-state index is 12.9. The fraction of sp³-hybridized carbons (Fsp3) is 0.458. The van der Waals surface area contributed by atoms with Gasteiger partial charge < -0.3 is 20.9 Å². The van der Waals surface area contributed by atoms with E-state index in [1.54, 1.807) is 11.0 Å². The molecule has 0 saturated carbocycles. The average Bonchev–Trinajstić information content (AvgIpc) is 3.32. The van der Waals surface area contributed by atoms with Crippen molar-refractivity contribution < 1.29 is 14.4 Å². The van der Waals surface area contributed by atoms with Gasteiger partial charge in [0.05, 0.1) is 4.88 Å². The Morgan fingerprint density at radius 1 is 1.09 bits per heavy atom. The van der Waals surface area contributed by atoms with Crippen LogP contribution in [-0.2, 0) is 4.79 Å². The quantitative estimate of drug-likeness (QED) is 0.591. The Kier molecular flexibility index (Phi) is 8.27. The highest BCUT2D eigenvalue weighted by atomic mass is 32.1. The van der Waals surface area contributed by atoms with E-state index in [-0.39, 0.29) is 23.8 Å². The van der Waals surface area contributed by atoms with Crippen LogP contribution in [0.15, 0.2) is 41.8 Å². The minimum absolute atomic E-state index is 0.0329. The topological polar surface area (TPSA) is 90.5 Å². The number of urea groups is 1. The molecule has 1 aliphatic heterocycles. The number of likely N-dealkylation sites (tertiary alicyclic amines) is 1. The lowest BCUT2D eigenvalue weighted by molar-refractivity contribution is -0.124. The zero-order valence-corrected chi connectivity index (χ0v) is 19.7. The van der Waals surface area contributed by atoms with E-state index in [1.165, 1.54) is 11.3 Å². The van der Waals surface area contributed by atoms with Gasteiger partial charge in [-0.2, -0.15) is 0 Å². The molecule has 0 radical (unpaired) electrons. The van der Waals surface area contributed by atoms with Gasteiger partial charge >= 0.3 is 6.03 Å². The summed E-state index contributed by atoms with van der Waals surface area (Å²) < 4.78 is 0. The van der Waals surface area contributed by atoms with Crippen LogP contribution in [0.5, 0.6) is 0 Å². The number of thiophene rings is 1. The first-order chi connectivity index (χ1) is 15.3. The first kappa shape index (κ1) is 23.8. The van der Waals surface area contributed by atoms with E-state index >= 15 is 0 Å². The number of carbonyl (C=O) groups excluding carboxylic acids is 3. The van der Waals surface area contributed by atoms with Crippen LogP contribution in [0, 0.1) is 18.8 Å². The molecular weight excluding hydrogens is 424 g/mol. The Morgan fingerprint density at radius 3 is 2.38 bits per heavy atom. The first-order valence-electron chi connectivity index (χ1n) is 11.1. The molecule has 0 aliphatic carbocycles. The zero-order chi connectivity index (χ0) is 23.1. The highest BCUT2D eigenvalue weighted by Gasteiger charge is 2.34. The molecule has 1 unspecified atom stereocenters. The van der Waals surface area contributed by atoms with Gasteiger partial charge in [0.2, 0.25) is 5.91 Å². The summed E-state index contributed by atoms with van der Waals surface area (Å²) in [7, 11) is 0. The van der Waals surface area contributed by atoms with Crippen molar-refractivity contribution in [2.24, 2.45) is 11.8 Å². The maximum Gasteiger partial charge on any atom is 0.321 e. The van der Waals surface area contributed by atoms with Crippen molar-refractivity contribution in [2.75, 3.05) is 25.0 Å². The summed E-state index contributed by atoms with van der Waals surface area (Å²) in [4.78, 5) is 40.6. The second-order valence-corrected chi connectivity index (χ2v) is 9.64. The Hall–Kier alpha value is -2.87. The number of rotatable bonds is 7. The summed E-state index contributed by atoms with van der Waals surface area (Å²) >= 11 is 1.35. The second-order valence-electron chi connectivity index (χ2n) is 8.69. The molecule has 0 bridgehead atoms. The molecule has 2 aromatic rings. The van der Waals surface area contributed by atoms with Gasteiger partial charge in [0, 0.05) is 25.3 Å². The Balaban J connectivity index is 1.60. The third-order valence-corrected chi connectivity index (χ3v) is 6.47. The number of carbonyl (C=O) groups is 3. The van der Waals surface area contributed by atoms with E-state index in [1.807, 2.05) is 56.5 Å². The molecule has 7 nitrogen and oxygen atoms in total. The summed E-state index contributed by atoms with van der Waals surface area (Å²) in [6.45, 7) is 7.69. The van der Waals surface area contributed by atoms with Crippen molar-refractivity contribution in [1.29, 1.82) is 0 Å². The number of nitrogens with one attached hydrogen (secondary N) is 3. The second kappa shape index (κ2) is 11.1. The van der Waals surface area contributed by atoms with Crippen LogP contribution in [0.4, 0.5) is 10.5 Å². The van der Waals surface area contributed by atoms with Crippen molar-refractivity contribution in [2.45, 2.75) is 39.7 Å². The molecular formula is C24H32N4O3S. The van der Waals surface area contributed by atoms with Gasteiger partial charge in [0.25, 0.3) is 5.91 Å². The molecule has 32 heavy (non-hydrogen) atoms. The highest BCUT2D eigenvalue weighted by Crippen LogP contribution is 2.23. The molecule has 1 fully saturated rings. The van der Waals surface area contributed by atoms with E-state index in [0.717, 1.165) is 11.3 Å². The average molecular weight is 457 g/mol. The first-order valence-corrected chi connectivity index (χ1v) is 12.0. The molecule has 8 heteroatoms. The number of nitrogens with zero attached hydrogens (tertiary/aromatic N) is 1. The van der Waals surface area contributed by atoms with Crippen molar-refractivity contribution >= 4 is 34.9 Å². The smallest absolute Gasteiger partial charge is 0.321 e. The van der Waals surface area contributed by atoms with Crippen molar-refractivity contribution in [3.63, 3.8) is 0 Å². The van der Waals surface area contributed by atoms with Crippen LogP contribution in [0.3, 0.4) is 0 Å². The van der Waals surface area contributed by atoms with Gasteiger partial charge in [0.1, 0.15) is 6.04 Å². The summed E-state index contributed by atoms with van der Waals surface area (Å²) in [5.41, 5.74) is 1.90. The third-order valence-electron chi connectivity index (χ3n) is 5.60. The van der Waals surface area contributed by atoms with E-state index in [2.05, 4.69) is 16.0 Å². The molecule has 172 valence electrons. The molecule has 1 aromatic carbocycles. The number of anilines is 1. The molecule has 2 heterocycles. The Morgan fingerprint density at radius 2 is 1.78 bits per heavy atom. The number of hydrogen-bond acceptors (Lipinski definition) is 4. The van der Waals surface area contributed by atoms with Crippen LogP contribution in [0.25, 0.3) is 0 Å². The minimum Gasteiger partial charge on any atom is -0.354 e. The lowest BCUT2D eigenvalue weighted by Crippen LogP contribution is -2.54. The molecule has 3 N–H and O–H groups in total. The fourth-order valence-electron chi connectivity index (χ4n) is 3.71. The largest absolute Gasteiger partial charge is 0.354 e. The van der Waals surface area contributed by atoms with Crippen LogP contribution in [0.2, 0.25) is 0 Å². The summed E-state index contributed by atoms with van der Waals surface area (Å²) in [5, 5.41) is 10.7. The highest BCUT2D eigenvalue weighted by molar-refractivity contribution is 7.12. The van der Waals surface area contributed by atoms with E-state index in [9.17, 15) is 14.4 Å². The monoisotopic (exact) mass is 456 g/mol. The molecule has 1 aromatic heterocycles. The van der Waals surface area contributed by atoms with E-state index in [0.29, 0.717) is 43.3 Å². The van der Waals surface area contributed by atoms with Crippen molar-refractivity contribution in [3.05, 3.63) is 52.2 Å². The molecule has 1 saturated heterocycles. The standard InChI is InChI=1S/C24H32N4O3S/c1-16(2)15-25-23(30)21(27-22(29)20-5-4-14-32-20)18-10-12-28(13-11-18)24(31)26-19-8-6-17(3)7-9-19/h4-9,14,16,18,21H,10-13,15H2,1-3H3,(H,25,30)(H,26,31)(H,27,29). The molecule has 3 rings (SSSR count). The van der Waals surface area contributed by atoms with Crippen molar-refractivity contribution in [3.8, 4) is 0 Å². The van der Waals surface area contributed by atoms with Gasteiger partial charge in [-0.25, -0.2) is 4.79 Å². The Labute approximate surface area is 193 Å². The number of piperidine rings is 1. The van der Waals surface area contributed by atoms with E-state index in [4.69, 9.17) is 0 Å². The van der Waals surface area contributed by atoms with Crippen LogP contribution in [0.1, 0.15) is 41.9 Å². The predicted octanol–water partition coefficient (Wildman–Crippen LogP) is 3.87. The van der Waals surface area contributed by atoms with Crippen LogP contribution >= 0.6 is 11.3 Å². The van der Waals surface area contributed by atoms with Gasteiger partial charge in [-0.05, 0) is 55.2 Å². The fourth-order valence-corrected chi connectivity index (χ4v) is 4.33. The van der Waals surface area contributed by atoms with Crippen LogP contribution in [-0.4, -0.2) is 48.4 Å². The number of benzene rings is 1. The lowest BCUT2D eigenvalue weighted by atomic mass is 9.88. The lowest BCUT2D eigenvalue weighted by Gasteiger charge is -2.35. The normalized spacial score (nSPS) is 15.3. The number of amides is 4. The van der Waals surface area contributed by atoms with Gasteiger partial charge in [-0.1, -0.05) is 37.6 Å². The molecule has 1 aliphatic rings. The molecule has 4 amide bonds. The van der Waals surface area contributed by atoms with Crippen molar-refractivity contribution in [1.82, 2.24) is 15.5 Å². The van der Waals surface area contributed by atoms with Gasteiger partial charge in [-0.15, -0.1) is 11.3 Å². The maximum atomic E-state index is 12.9. The zero-order valence-electron chi connectivity index (χ0n) is 18.9. The number of aryl methyl sites for hydroxylation is 1. The molecule has 1 atom stereocenters. The predicted molar refractivity (Wildman–Crippen MR) is 128 cm³/mol. The summed E-state index contributed by atoms with van der Waals surface area (Å²) in [6, 6.07) is 10.5. The summed E-state index contributed by atoms with van der Waals surface area (Å²) in [5.74, 6) is -0.107. The number of hydrogen-bond donors (Lipinski definition) is 3. The van der Waals surface area contributed by atoms with Crippen LogP contribution < -0.4 is 16.0 Å². The summed E-state index contributed by atoms with van der Waals surface area (Å²) in [6.07, 6.45) is 1.29. The Bertz CT molecular complexity index is 904. The van der Waals surface area contributed by atoms with Gasteiger partial charge in [-0.3, -0.25) is 9.59 Å². The minimum atomic E-state index is -0.620. The van der Waals surface area contributed by atoms with Gasteiger partial charge in [0.15, 0.2) is 0 Å².